The second-order valence-corrected chi connectivity index (χ2v) is 6.36. The Kier molecular flexibility index (Phi) is 3.84. The molecule has 4 nitrogen and oxygen atoms in total. The smallest absolute Gasteiger partial charge is 0.408 e. The average molecular weight is 275 g/mol. The van der Waals surface area contributed by atoms with Crippen molar-refractivity contribution >= 4 is 16.9 Å². The predicted molar refractivity (Wildman–Crippen MR) is 79.2 cm³/mol. The van der Waals surface area contributed by atoms with Gasteiger partial charge in [-0.05, 0) is 30.0 Å². The van der Waals surface area contributed by atoms with Gasteiger partial charge in [0.15, 0.2) is 11.4 Å². The second kappa shape index (κ2) is 5.27. The summed E-state index contributed by atoms with van der Waals surface area (Å²) in [6.45, 7) is 8.72. The molecule has 0 radical (unpaired) electrons. The molecule has 0 fully saturated rings. The van der Waals surface area contributed by atoms with Gasteiger partial charge in [0, 0.05) is 18.5 Å². The summed E-state index contributed by atoms with van der Waals surface area (Å²) in [6, 6.07) is 5.25. The van der Waals surface area contributed by atoms with E-state index >= 15 is 0 Å². The molecule has 2 aromatic rings. The van der Waals surface area contributed by atoms with E-state index in [9.17, 15) is 9.59 Å². The fourth-order valence-corrected chi connectivity index (χ4v) is 2.26. The summed E-state index contributed by atoms with van der Waals surface area (Å²) in [4.78, 5) is 23.9. The number of ketones is 1. The molecule has 0 amide bonds. The summed E-state index contributed by atoms with van der Waals surface area (Å²) in [5, 5.41) is 0. The molecule has 0 aliphatic heterocycles. The Morgan fingerprint density at radius 1 is 1.30 bits per heavy atom. The van der Waals surface area contributed by atoms with Crippen molar-refractivity contribution in [1.82, 2.24) is 4.57 Å². The molecular weight excluding hydrogens is 254 g/mol. The third kappa shape index (κ3) is 3.00. The Morgan fingerprint density at radius 3 is 2.60 bits per heavy atom. The first kappa shape index (κ1) is 14.6. The number of benzene rings is 1. The van der Waals surface area contributed by atoms with Crippen LogP contribution in [0.25, 0.3) is 11.1 Å². The van der Waals surface area contributed by atoms with Crippen molar-refractivity contribution in [2.45, 2.75) is 47.1 Å². The van der Waals surface area contributed by atoms with Gasteiger partial charge in [-0.2, -0.15) is 0 Å². The van der Waals surface area contributed by atoms with Gasteiger partial charge in [0.2, 0.25) is 0 Å². The minimum absolute atomic E-state index is 0.0545. The highest BCUT2D eigenvalue weighted by atomic mass is 16.4. The van der Waals surface area contributed by atoms with Crippen LogP contribution in [0.1, 0.15) is 50.9 Å². The average Bonchev–Trinajstić information content (AvgIpc) is 2.63. The molecule has 0 saturated carbocycles. The molecule has 0 atom stereocenters. The van der Waals surface area contributed by atoms with E-state index in [-0.39, 0.29) is 17.0 Å². The zero-order chi connectivity index (χ0) is 14.9. The number of nitrogens with zero attached hydrogens (tertiary/aromatic N) is 1. The predicted octanol–water partition coefficient (Wildman–Crippen LogP) is 3.62. The van der Waals surface area contributed by atoms with Crippen molar-refractivity contribution in [3.63, 3.8) is 0 Å². The maximum atomic E-state index is 12.2. The van der Waals surface area contributed by atoms with Crippen LogP contribution in [0, 0.1) is 5.41 Å². The monoisotopic (exact) mass is 275 g/mol. The second-order valence-electron chi connectivity index (χ2n) is 6.36. The number of hydrogen-bond acceptors (Lipinski definition) is 3. The lowest BCUT2D eigenvalue weighted by Gasteiger charge is -2.16. The van der Waals surface area contributed by atoms with Crippen LogP contribution >= 0.6 is 0 Å². The summed E-state index contributed by atoms with van der Waals surface area (Å²) in [5.41, 5.74) is 1.79. The molecule has 0 unspecified atom stereocenters. The van der Waals surface area contributed by atoms with Gasteiger partial charge >= 0.3 is 5.76 Å². The molecular formula is C16H21NO3. The van der Waals surface area contributed by atoms with E-state index < -0.39 is 0 Å². The molecule has 0 aliphatic carbocycles. The minimum Gasteiger partial charge on any atom is -0.408 e. The standard InChI is InChI=1S/C16H21NO3/c1-5-8-17-12-7-6-11(9-14(12)20-15(17)19)13(18)10-16(2,3)4/h6-7,9H,5,8,10H2,1-4H3. The molecule has 1 aromatic heterocycles. The van der Waals surface area contributed by atoms with Gasteiger partial charge in [0.05, 0.1) is 5.52 Å². The van der Waals surface area contributed by atoms with Gasteiger partial charge < -0.3 is 4.42 Å². The van der Waals surface area contributed by atoms with Crippen LogP contribution in [0.5, 0.6) is 0 Å². The van der Waals surface area contributed by atoms with E-state index in [1.165, 1.54) is 0 Å². The fraction of sp³-hybridized carbons (Fsp3) is 0.500. The first-order valence-corrected chi connectivity index (χ1v) is 6.98. The van der Waals surface area contributed by atoms with Gasteiger partial charge in [0.1, 0.15) is 0 Å². The molecule has 0 bridgehead atoms. The first-order valence-electron chi connectivity index (χ1n) is 6.98. The molecule has 4 heteroatoms. The van der Waals surface area contributed by atoms with E-state index in [1.54, 1.807) is 22.8 Å². The lowest BCUT2D eigenvalue weighted by Crippen LogP contribution is -2.13. The highest BCUT2D eigenvalue weighted by molar-refractivity contribution is 5.98. The number of carbonyl (C=O) groups is 1. The topological polar surface area (TPSA) is 52.2 Å². The summed E-state index contributed by atoms with van der Waals surface area (Å²) in [5.74, 6) is -0.285. The first-order chi connectivity index (χ1) is 9.31. The SMILES string of the molecule is CCCn1c(=O)oc2cc(C(=O)CC(C)(C)C)ccc21. The van der Waals surface area contributed by atoms with E-state index in [0.29, 0.717) is 24.1 Å². The number of aryl methyl sites for hydroxylation is 1. The van der Waals surface area contributed by atoms with E-state index in [1.807, 2.05) is 27.7 Å². The molecule has 1 aromatic carbocycles. The third-order valence-electron chi connectivity index (χ3n) is 3.13. The van der Waals surface area contributed by atoms with Crippen LogP contribution in [0.15, 0.2) is 27.4 Å². The van der Waals surface area contributed by atoms with Gasteiger partial charge in [-0.15, -0.1) is 0 Å². The Balaban J connectivity index is 2.40. The lowest BCUT2D eigenvalue weighted by molar-refractivity contribution is 0.0940. The quantitative estimate of drug-likeness (QED) is 0.801. The minimum atomic E-state index is -0.359. The molecule has 1 heterocycles. The van der Waals surface area contributed by atoms with Crippen LogP contribution in [-0.4, -0.2) is 10.4 Å². The largest absolute Gasteiger partial charge is 0.419 e. The van der Waals surface area contributed by atoms with Crippen molar-refractivity contribution in [2.75, 3.05) is 0 Å². The normalized spacial score (nSPS) is 12.0. The molecule has 108 valence electrons. The molecule has 0 N–H and O–H groups in total. The maximum Gasteiger partial charge on any atom is 0.419 e. The molecule has 0 aliphatic rings. The van der Waals surface area contributed by atoms with Gasteiger partial charge in [-0.25, -0.2) is 4.79 Å². The number of aromatic nitrogens is 1. The summed E-state index contributed by atoms with van der Waals surface area (Å²) in [6.07, 6.45) is 1.33. The number of hydrogen-bond donors (Lipinski definition) is 0. The molecule has 0 spiro atoms. The van der Waals surface area contributed by atoms with Gasteiger partial charge in [-0.1, -0.05) is 27.7 Å². The number of Topliss-reactive ketones (excluding diaryl/α,β-unsaturated/α-hetero) is 1. The van der Waals surface area contributed by atoms with Crippen LogP contribution in [0.2, 0.25) is 0 Å². The van der Waals surface area contributed by atoms with E-state index in [0.717, 1.165) is 11.9 Å². The van der Waals surface area contributed by atoms with Crippen LogP contribution in [-0.2, 0) is 6.54 Å². The van der Waals surface area contributed by atoms with Crippen molar-refractivity contribution in [3.05, 3.63) is 34.3 Å². The Hall–Kier alpha value is -1.84. The maximum absolute atomic E-state index is 12.2. The van der Waals surface area contributed by atoms with E-state index in [2.05, 4.69) is 0 Å². The zero-order valence-corrected chi connectivity index (χ0v) is 12.5. The highest BCUT2D eigenvalue weighted by Crippen LogP contribution is 2.23. The van der Waals surface area contributed by atoms with Crippen molar-refractivity contribution in [1.29, 1.82) is 0 Å². The number of rotatable bonds is 4. The lowest BCUT2D eigenvalue weighted by atomic mass is 9.88. The van der Waals surface area contributed by atoms with Crippen LogP contribution < -0.4 is 5.76 Å². The van der Waals surface area contributed by atoms with Crippen molar-refractivity contribution in [2.24, 2.45) is 5.41 Å². The molecule has 20 heavy (non-hydrogen) atoms. The van der Waals surface area contributed by atoms with Gasteiger partial charge in [-0.3, -0.25) is 9.36 Å². The Bertz CT molecular complexity index is 686. The summed E-state index contributed by atoms with van der Waals surface area (Å²) < 4.78 is 6.83. The fourth-order valence-electron chi connectivity index (χ4n) is 2.26. The summed E-state index contributed by atoms with van der Waals surface area (Å²) >= 11 is 0. The molecule has 2 rings (SSSR count). The third-order valence-corrected chi connectivity index (χ3v) is 3.13. The Labute approximate surface area is 118 Å². The van der Waals surface area contributed by atoms with Crippen LogP contribution in [0.3, 0.4) is 0 Å². The Morgan fingerprint density at radius 2 is 2.00 bits per heavy atom. The number of carbonyl (C=O) groups excluding carboxylic acids is 1. The number of oxazole rings is 1. The van der Waals surface area contributed by atoms with Crippen molar-refractivity contribution in [3.8, 4) is 0 Å². The van der Waals surface area contributed by atoms with E-state index in [4.69, 9.17) is 4.42 Å². The summed E-state index contributed by atoms with van der Waals surface area (Å²) in [7, 11) is 0. The number of fused-ring (bicyclic) bond motifs is 1. The highest BCUT2D eigenvalue weighted by Gasteiger charge is 2.18. The van der Waals surface area contributed by atoms with Crippen molar-refractivity contribution < 1.29 is 9.21 Å². The van der Waals surface area contributed by atoms with Crippen LogP contribution in [0.4, 0.5) is 0 Å². The van der Waals surface area contributed by atoms with Gasteiger partial charge in [0.25, 0.3) is 0 Å². The zero-order valence-electron chi connectivity index (χ0n) is 12.5. The molecule has 0 saturated heterocycles.